The Morgan fingerprint density at radius 3 is 2.93 bits per heavy atom. The van der Waals surface area contributed by atoms with E-state index in [0.717, 1.165) is 30.8 Å². The average molecular weight is 228 g/mol. The Balaban J connectivity index is 2.31. The molecule has 4 nitrogen and oxygen atoms in total. The Kier molecular flexibility index (Phi) is 5.75. The minimum absolute atomic E-state index is 0.397. The zero-order chi connectivity index (χ0) is 11.1. The Bertz CT molecular complexity index is 274. The maximum atomic E-state index is 5.50. The van der Waals surface area contributed by atoms with Crippen LogP contribution in [0.1, 0.15) is 18.7 Å². The highest BCUT2D eigenvalue weighted by molar-refractivity contribution is 7.98. The zero-order valence-electron chi connectivity index (χ0n) is 9.44. The summed E-state index contributed by atoms with van der Waals surface area (Å²) in [4.78, 5) is 4.29. The number of hydrazine groups is 1. The lowest BCUT2D eigenvalue weighted by Gasteiger charge is -2.14. The van der Waals surface area contributed by atoms with Crippen LogP contribution in [0.15, 0.2) is 12.4 Å². The number of nitrogens with two attached hydrogens (primary N) is 1. The molecule has 1 aromatic rings. The molecule has 0 aromatic carbocycles. The van der Waals surface area contributed by atoms with Gasteiger partial charge in [-0.25, -0.2) is 4.98 Å². The van der Waals surface area contributed by atoms with Gasteiger partial charge in [-0.3, -0.25) is 11.3 Å². The number of hydrogen-bond acceptors (Lipinski definition) is 4. The van der Waals surface area contributed by atoms with Crippen LogP contribution < -0.4 is 11.3 Å². The van der Waals surface area contributed by atoms with E-state index in [-0.39, 0.29) is 0 Å². The quantitative estimate of drug-likeness (QED) is 0.538. The van der Waals surface area contributed by atoms with Crippen molar-refractivity contribution >= 4 is 11.8 Å². The molecule has 1 unspecified atom stereocenters. The standard InChI is InChI=1S/C10H20N4S/c1-14-7-6-12-10(14)4-3-9(13-11)5-8-15-2/h6-7,9,13H,3-5,8,11H2,1-2H3. The topological polar surface area (TPSA) is 55.9 Å². The van der Waals surface area contributed by atoms with Gasteiger partial charge in [0.2, 0.25) is 0 Å². The summed E-state index contributed by atoms with van der Waals surface area (Å²) < 4.78 is 2.06. The molecule has 0 amide bonds. The third kappa shape index (κ3) is 4.24. The van der Waals surface area contributed by atoms with Crippen molar-refractivity contribution in [3.8, 4) is 0 Å². The van der Waals surface area contributed by atoms with Gasteiger partial charge in [0.1, 0.15) is 5.82 Å². The van der Waals surface area contributed by atoms with Crippen molar-refractivity contribution in [1.29, 1.82) is 0 Å². The van der Waals surface area contributed by atoms with Gasteiger partial charge >= 0.3 is 0 Å². The molecule has 0 aliphatic heterocycles. The van der Waals surface area contributed by atoms with E-state index in [1.54, 1.807) is 0 Å². The molecule has 0 fully saturated rings. The van der Waals surface area contributed by atoms with E-state index in [1.807, 2.05) is 31.2 Å². The van der Waals surface area contributed by atoms with E-state index < -0.39 is 0 Å². The highest BCUT2D eigenvalue weighted by Crippen LogP contribution is 2.07. The zero-order valence-corrected chi connectivity index (χ0v) is 10.3. The molecule has 0 radical (unpaired) electrons. The van der Waals surface area contributed by atoms with Crippen LogP contribution in [0.5, 0.6) is 0 Å². The first kappa shape index (κ1) is 12.5. The van der Waals surface area contributed by atoms with Gasteiger partial charge in [0.25, 0.3) is 0 Å². The first-order chi connectivity index (χ1) is 7.27. The van der Waals surface area contributed by atoms with Crippen molar-refractivity contribution in [2.75, 3.05) is 12.0 Å². The second-order valence-corrected chi connectivity index (χ2v) is 4.62. The van der Waals surface area contributed by atoms with Crippen LogP contribution in [0.25, 0.3) is 0 Å². The Labute approximate surface area is 95.6 Å². The summed E-state index contributed by atoms with van der Waals surface area (Å²) in [5, 5.41) is 0. The van der Waals surface area contributed by atoms with Gasteiger partial charge in [-0.15, -0.1) is 0 Å². The van der Waals surface area contributed by atoms with Crippen LogP contribution in [0.3, 0.4) is 0 Å². The van der Waals surface area contributed by atoms with Crippen LogP contribution in [0, 0.1) is 0 Å². The van der Waals surface area contributed by atoms with Gasteiger partial charge in [-0.2, -0.15) is 11.8 Å². The van der Waals surface area contributed by atoms with E-state index in [9.17, 15) is 0 Å². The van der Waals surface area contributed by atoms with Gasteiger partial charge < -0.3 is 4.57 Å². The summed E-state index contributed by atoms with van der Waals surface area (Å²) in [6.45, 7) is 0. The summed E-state index contributed by atoms with van der Waals surface area (Å²) >= 11 is 1.86. The number of hydrogen-bond donors (Lipinski definition) is 2. The van der Waals surface area contributed by atoms with Gasteiger partial charge in [-0.05, 0) is 24.9 Å². The number of aromatic nitrogens is 2. The largest absolute Gasteiger partial charge is 0.338 e. The third-order valence-electron chi connectivity index (χ3n) is 2.54. The Hall–Kier alpha value is -0.520. The molecule has 0 aliphatic carbocycles. The molecule has 0 spiro atoms. The minimum atomic E-state index is 0.397. The van der Waals surface area contributed by atoms with E-state index >= 15 is 0 Å². The predicted octanol–water partition coefficient (Wildman–Crippen LogP) is 0.938. The van der Waals surface area contributed by atoms with Crippen molar-refractivity contribution in [2.45, 2.75) is 25.3 Å². The number of rotatable bonds is 7. The van der Waals surface area contributed by atoms with E-state index in [0.29, 0.717) is 6.04 Å². The Morgan fingerprint density at radius 2 is 2.40 bits per heavy atom. The fraction of sp³-hybridized carbons (Fsp3) is 0.700. The van der Waals surface area contributed by atoms with Crippen LogP contribution in [0.2, 0.25) is 0 Å². The second-order valence-electron chi connectivity index (χ2n) is 3.64. The minimum Gasteiger partial charge on any atom is -0.338 e. The van der Waals surface area contributed by atoms with E-state index in [4.69, 9.17) is 5.84 Å². The molecule has 0 saturated heterocycles. The molecule has 1 atom stereocenters. The normalized spacial score (nSPS) is 13.0. The number of nitrogens with one attached hydrogen (secondary N) is 1. The third-order valence-corrected chi connectivity index (χ3v) is 3.19. The molecule has 15 heavy (non-hydrogen) atoms. The van der Waals surface area contributed by atoms with Crippen molar-refractivity contribution in [1.82, 2.24) is 15.0 Å². The number of aryl methyl sites for hydroxylation is 2. The van der Waals surface area contributed by atoms with Crippen molar-refractivity contribution in [3.05, 3.63) is 18.2 Å². The fourth-order valence-corrected chi connectivity index (χ4v) is 2.03. The summed E-state index contributed by atoms with van der Waals surface area (Å²) in [5.74, 6) is 7.78. The fourth-order valence-electron chi connectivity index (χ4n) is 1.51. The molecule has 0 saturated carbocycles. The van der Waals surface area contributed by atoms with Crippen LogP contribution in [-0.4, -0.2) is 27.6 Å². The number of nitrogens with zero attached hydrogens (tertiary/aromatic N) is 2. The van der Waals surface area contributed by atoms with Gasteiger partial charge in [-0.1, -0.05) is 0 Å². The van der Waals surface area contributed by atoms with Gasteiger partial charge in [0.05, 0.1) is 0 Å². The smallest absolute Gasteiger partial charge is 0.108 e. The summed E-state index contributed by atoms with van der Waals surface area (Å²) in [5.41, 5.74) is 2.87. The monoisotopic (exact) mass is 228 g/mol. The molecule has 86 valence electrons. The first-order valence-electron chi connectivity index (χ1n) is 5.19. The van der Waals surface area contributed by atoms with E-state index in [1.165, 1.54) is 0 Å². The van der Waals surface area contributed by atoms with Crippen LogP contribution >= 0.6 is 11.8 Å². The molecule has 5 heteroatoms. The molecule has 1 heterocycles. The summed E-state index contributed by atoms with van der Waals surface area (Å²) in [7, 11) is 2.02. The van der Waals surface area contributed by atoms with Crippen LogP contribution in [0.4, 0.5) is 0 Å². The lowest BCUT2D eigenvalue weighted by molar-refractivity contribution is 0.476. The van der Waals surface area contributed by atoms with Gasteiger partial charge in [0.15, 0.2) is 0 Å². The molecule has 1 rings (SSSR count). The molecular formula is C10H20N4S. The SMILES string of the molecule is CSCCC(CCc1nccn1C)NN. The average Bonchev–Trinajstić information content (AvgIpc) is 2.65. The van der Waals surface area contributed by atoms with Gasteiger partial charge in [0, 0.05) is 31.9 Å². The van der Waals surface area contributed by atoms with E-state index in [2.05, 4.69) is 21.2 Å². The van der Waals surface area contributed by atoms with Crippen molar-refractivity contribution in [2.24, 2.45) is 12.9 Å². The lowest BCUT2D eigenvalue weighted by atomic mass is 10.1. The molecule has 0 bridgehead atoms. The van der Waals surface area contributed by atoms with Crippen molar-refractivity contribution < 1.29 is 0 Å². The maximum absolute atomic E-state index is 5.50. The maximum Gasteiger partial charge on any atom is 0.108 e. The molecule has 3 N–H and O–H groups in total. The van der Waals surface area contributed by atoms with Crippen molar-refractivity contribution in [3.63, 3.8) is 0 Å². The highest BCUT2D eigenvalue weighted by Gasteiger charge is 2.07. The second kappa shape index (κ2) is 6.87. The van der Waals surface area contributed by atoms with Crippen LogP contribution in [-0.2, 0) is 13.5 Å². The predicted molar refractivity (Wildman–Crippen MR) is 65.6 cm³/mol. The number of imidazole rings is 1. The number of thioether (sulfide) groups is 1. The summed E-state index contributed by atoms with van der Waals surface area (Å²) in [6.07, 6.45) is 9.06. The highest BCUT2D eigenvalue weighted by atomic mass is 32.2. The first-order valence-corrected chi connectivity index (χ1v) is 6.58. The lowest BCUT2D eigenvalue weighted by Crippen LogP contribution is -2.36. The molecular weight excluding hydrogens is 208 g/mol. The molecule has 0 aliphatic rings. The Morgan fingerprint density at radius 1 is 1.60 bits per heavy atom. The molecule has 1 aromatic heterocycles. The summed E-state index contributed by atoms with van der Waals surface area (Å²) in [6, 6.07) is 0.397.